The summed E-state index contributed by atoms with van der Waals surface area (Å²) in [6, 6.07) is 11.6. The lowest BCUT2D eigenvalue weighted by Gasteiger charge is -2.19. The van der Waals surface area contributed by atoms with Crippen molar-refractivity contribution in [3.8, 4) is 17.7 Å². The van der Waals surface area contributed by atoms with Crippen LogP contribution in [0.1, 0.15) is 32.1 Å². The van der Waals surface area contributed by atoms with Gasteiger partial charge < -0.3 is 9.26 Å². The Hall–Kier alpha value is -1.26. The Kier molecular flexibility index (Phi) is 9.10. The highest BCUT2D eigenvalue weighted by atomic mass is 35.5. The molecule has 1 aromatic heterocycles. The highest BCUT2D eigenvalue weighted by molar-refractivity contribution is 8.55. The number of benzene rings is 1. The molecule has 2 atom stereocenters. The topological polar surface area (TPSA) is 81.4 Å². The molecule has 6 nitrogen and oxygen atoms in total. The number of rotatable bonds is 10. The summed E-state index contributed by atoms with van der Waals surface area (Å²) >= 11 is 13.1. The Balaban J connectivity index is 2.22. The number of nitrogens with zero attached hydrogens (tertiary/aromatic N) is 2. The average Bonchev–Trinajstić information content (AvgIpc) is 2.67. The third-order valence-electron chi connectivity index (χ3n) is 3.21. The molecule has 0 radical (unpaired) electrons. The lowest BCUT2D eigenvalue weighted by molar-refractivity contribution is 0.195. The molecule has 2 unspecified atom stereocenters. The molecule has 0 fully saturated rings. The highest BCUT2D eigenvalue weighted by Crippen LogP contribution is 2.63. The molecular formula is C18H19Cl2N2O4PS. The Bertz CT molecular complexity index is 894. The lowest BCUT2D eigenvalue weighted by atomic mass is 10.2. The summed E-state index contributed by atoms with van der Waals surface area (Å²) in [4.78, 5) is 4.28. The van der Waals surface area contributed by atoms with Crippen molar-refractivity contribution in [2.45, 2.75) is 26.4 Å². The molecule has 0 aliphatic rings. The standard InChI is InChI=1S/C18H19Cl2N2O4PS/c1-3-10-28-27(23,24-4-2)26-17(12-21)15-6-5-7-18(22-15)25-16-9-8-13(19)11-14(16)20/h5-9,11,17H,3-4,10H2,1-2H3. The van der Waals surface area contributed by atoms with Crippen molar-refractivity contribution in [2.75, 3.05) is 12.4 Å². The van der Waals surface area contributed by atoms with E-state index in [-0.39, 0.29) is 18.2 Å². The van der Waals surface area contributed by atoms with E-state index in [0.717, 1.165) is 17.8 Å². The van der Waals surface area contributed by atoms with Crippen molar-refractivity contribution in [1.29, 1.82) is 5.26 Å². The molecule has 0 N–H and O–H groups in total. The fourth-order valence-electron chi connectivity index (χ4n) is 2.04. The molecule has 2 aromatic rings. The van der Waals surface area contributed by atoms with E-state index < -0.39 is 12.9 Å². The lowest BCUT2D eigenvalue weighted by Crippen LogP contribution is -2.05. The van der Waals surface area contributed by atoms with Crippen molar-refractivity contribution in [1.82, 2.24) is 4.98 Å². The van der Waals surface area contributed by atoms with Gasteiger partial charge in [0.2, 0.25) is 5.88 Å². The van der Waals surface area contributed by atoms with Gasteiger partial charge in [-0.25, -0.2) is 9.55 Å². The summed E-state index contributed by atoms with van der Waals surface area (Å²) < 4.78 is 29.3. The van der Waals surface area contributed by atoms with Gasteiger partial charge in [-0.3, -0.25) is 4.52 Å². The predicted octanol–water partition coefficient (Wildman–Crippen LogP) is 7.05. The van der Waals surface area contributed by atoms with Gasteiger partial charge in [-0.2, -0.15) is 5.26 Å². The second-order valence-corrected chi connectivity index (χ2v) is 10.4. The summed E-state index contributed by atoms with van der Waals surface area (Å²) in [6.45, 7) is 0.383. The molecule has 28 heavy (non-hydrogen) atoms. The maximum Gasteiger partial charge on any atom is 0.390 e. The average molecular weight is 461 g/mol. The summed E-state index contributed by atoms with van der Waals surface area (Å²) in [5, 5.41) is 10.3. The SMILES string of the molecule is CCCSP(=O)(OCC)OC(C#N)c1cccc(Oc2ccc(Cl)cc2Cl)n1. The van der Waals surface area contributed by atoms with Gasteiger partial charge in [-0.15, -0.1) is 0 Å². The third kappa shape index (κ3) is 6.66. The van der Waals surface area contributed by atoms with Gasteiger partial charge in [0.25, 0.3) is 0 Å². The van der Waals surface area contributed by atoms with Crippen LogP contribution in [0, 0.1) is 11.3 Å². The van der Waals surface area contributed by atoms with Crippen LogP contribution >= 0.6 is 41.4 Å². The largest absolute Gasteiger partial charge is 0.437 e. The van der Waals surface area contributed by atoms with E-state index in [4.69, 9.17) is 37.0 Å². The van der Waals surface area contributed by atoms with Gasteiger partial charge >= 0.3 is 6.80 Å². The molecule has 0 aliphatic carbocycles. The fourth-order valence-corrected chi connectivity index (χ4v) is 6.01. The number of hydrogen-bond acceptors (Lipinski definition) is 7. The van der Waals surface area contributed by atoms with E-state index in [1.807, 2.05) is 13.0 Å². The van der Waals surface area contributed by atoms with Crippen molar-refractivity contribution in [3.63, 3.8) is 0 Å². The van der Waals surface area contributed by atoms with Gasteiger partial charge in [0.1, 0.15) is 11.8 Å². The van der Waals surface area contributed by atoms with E-state index in [1.54, 1.807) is 43.3 Å². The van der Waals surface area contributed by atoms with Crippen LogP contribution < -0.4 is 4.74 Å². The second-order valence-electron chi connectivity index (χ2n) is 5.39. The molecule has 0 amide bonds. The minimum absolute atomic E-state index is 0.206. The van der Waals surface area contributed by atoms with Crippen molar-refractivity contribution >= 4 is 41.4 Å². The van der Waals surface area contributed by atoms with Gasteiger partial charge in [-0.05, 0) is 49.0 Å². The van der Waals surface area contributed by atoms with Gasteiger partial charge in [-0.1, -0.05) is 36.2 Å². The number of nitriles is 1. The molecule has 0 spiro atoms. The molecule has 0 bridgehead atoms. The molecule has 1 heterocycles. The summed E-state index contributed by atoms with van der Waals surface area (Å²) in [7, 11) is 0. The molecule has 0 saturated heterocycles. The Morgan fingerprint density at radius 1 is 1.29 bits per heavy atom. The van der Waals surface area contributed by atoms with Crippen molar-refractivity contribution in [2.24, 2.45) is 0 Å². The zero-order valence-electron chi connectivity index (χ0n) is 15.3. The Morgan fingerprint density at radius 2 is 2.07 bits per heavy atom. The van der Waals surface area contributed by atoms with E-state index in [2.05, 4.69) is 4.98 Å². The molecule has 0 aliphatic heterocycles. The first-order chi connectivity index (χ1) is 13.4. The molecule has 0 saturated carbocycles. The van der Waals surface area contributed by atoms with Crippen molar-refractivity contribution < 1.29 is 18.3 Å². The third-order valence-corrected chi connectivity index (χ3v) is 7.77. The van der Waals surface area contributed by atoms with E-state index >= 15 is 0 Å². The van der Waals surface area contributed by atoms with E-state index in [9.17, 15) is 9.83 Å². The Morgan fingerprint density at radius 3 is 2.71 bits per heavy atom. The van der Waals surface area contributed by atoms with Crippen LogP contribution in [0.25, 0.3) is 0 Å². The number of ether oxygens (including phenoxy) is 1. The molecule has 1 aromatic carbocycles. The minimum Gasteiger partial charge on any atom is -0.437 e. The molecule has 2 rings (SSSR count). The highest BCUT2D eigenvalue weighted by Gasteiger charge is 2.31. The quantitative estimate of drug-likeness (QED) is 0.351. The first kappa shape index (κ1) is 23.0. The molecule has 150 valence electrons. The summed E-state index contributed by atoms with van der Waals surface area (Å²) in [6.07, 6.45) is -0.378. The second kappa shape index (κ2) is 11.1. The number of hydrogen-bond donors (Lipinski definition) is 0. The van der Waals surface area contributed by atoms with Crippen LogP contribution in [-0.2, 0) is 13.6 Å². The number of pyridine rings is 1. The minimum atomic E-state index is -3.49. The maximum atomic E-state index is 12.8. The van der Waals surface area contributed by atoms with Crippen LogP contribution in [0.3, 0.4) is 0 Å². The monoisotopic (exact) mass is 460 g/mol. The van der Waals surface area contributed by atoms with Crippen molar-refractivity contribution in [3.05, 3.63) is 52.1 Å². The van der Waals surface area contributed by atoms with Gasteiger partial charge in [0.15, 0.2) is 6.10 Å². The number of aromatic nitrogens is 1. The zero-order valence-corrected chi connectivity index (χ0v) is 18.5. The maximum absolute atomic E-state index is 12.8. The molecular weight excluding hydrogens is 442 g/mol. The fraction of sp³-hybridized carbons (Fsp3) is 0.333. The van der Waals surface area contributed by atoms with Crippen LogP contribution in [0.15, 0.2) is 36.4 Å². The van der Waals surface area contributed by atoms with Crippen LogP contribution in [0.2, 0.25) is 10.0 Å². The van der Waals surface area contributed by atoms with Crippen LogP contribution in [0.4, 0.5) is 0 Å². The number of halogens is 2. The first-order valence-electron chi connectivity index (χ1n) is 8.47. The van der Waals surface area contributed by atoms with Crippen LogP contribution in [-0.4, -0.2) is 17.3 Å². The summed E-state index contributed by atoms with van der Waals surface area (Å²) in [5.74, 6) is 1.16. The first-order valence-corrected chi connectivity index (χ1v) is 12.4. The van der Waals surface area contributed by atoms with E-state index in [0.29, 0.717) is 21.5 Å². The van der Waals surface area contributed by atoms with Gasteiger partial charge in [0.05, 0.1) is 17.3 Å². The zero-order chi connectivity index (χ0) is 20.6. The predicted molar refractivity (Wildman–Crippen MR) is 112 cm³/mol. The molecule has 10 heteroatoms. The summed E-state index contributed by atoms with van der Waals surface area (Å²) in [5.41, 5.74) is 0.252. The Labute approximate surface area is 178 Å². The van der Waals surface area contributed by atoms with Crippen LogP contribution in [0.5, 0.6) is 11.6 Å². The van der Waals surface area contributed by atoms with E-state index in [1.165, 1.54) is 0 Å². The van der Waals surface area contributed by atoms with Gasteiger partial charge in [0, 0.05) is 16.8 Å². The normalized spacial score (nSPS) is 14.1. The smallest absolute Gasteiger partial charge is 0.390 e.